The predicted octanol–water partition coefficient (Wildman–Crippen LogP) is 3.01. The Labute approximate surface area is 188 Å². The zero-order valence-electron chi connectivity index (χ0n) is 18.8. The number of nitrogens with one attached hydrogen (secondary N) is 1. The maximum absolute atomic E-state index is 15.0. The van der Waals surface area contributed by atoms with Crippen molar-refractivity contribution in [3.63, 3.8) is 0 Å². The minimum atomic E-state index is -1.50. The minimum absolute atomic E-state index is 0.119. The number of aromatic carboxylic acids is 1. The van der Waals surface area contributed by atoms with Gasteiger partial charge in [-0.3, -0.25) is 4.79 Å². The third kappa shape index (κ3) is 4.90. The average molecular weight is 464 g/mol. The molecule has 1 aliphatic heterocycles. The first-order valence-corrected chi connectivity index (χ1v) is 10.4. The van der Waals surface area contributed by atoms with Crippen LogP contribution in [0.5, 0.6) is 5.75 Å². The standard InChI is InChI=1S/C23H26F2N2O6/c1-6-27-10-13(21(29)30)18(28)12-8-14(24)16(25)20(17(12)27)32-19(15-7-11(2)9-26-15)22(31)33-23(3,4)5/h8,10,15,19,26H,2,6-7,9H2,1,3-5H3,(H,29,30)/t15?,19-/m0/s1. The van der Waals surface area contributed by atoms with Crippen molar-refractivity contribution < 1.29 is 33.0 Å². The van der Waals surface area contributed by atoms with Crippen molar-refractivity contribution in [1.29, 1.82) is 0 Å². The third-order valence-electron chi connectivity index (χ3n) is 5.15. The van der Waals surface area contributed by atoms with Crippen LogP contribution < -0.4 is 15.5 Å². The first-order chi connectivity index (χ1) is 15.3. The number of carboxylic acid groups (broad SMARTS) is 1. The molecular weight excluding hydrogens is 438 g/mol. The van der Waals surface area contributed by atoms with E-state index in [0.717, 1.165) is 11.8 Å². The Kier molecular flexibility index (Phi) is 6.60. The molecule has 1 aromatic heterocycles. The molecule has 1 unspecified atom stereocenters. The first kappa shape index (κ1) is 24.4. The molecule has 1 aromatic carbocycles. The molecule has 1 aliphatic rings. The number of carbonyl (C=O) groups excluding carboxylic acids is 1. The van der Waals surface area contributed by atoms with Gasteiger partial charge < -0.3 is 24.5 Å². The molecular formula is C23H26F2N2O6. The summed E-state index contributed by atoms with van der Waals surface area (Å²) in [6, 6.07) is 0.00141. The number of pyridine rings is 1. The van der Waals surface area contributed by atoms with Gasteiger partial charge in [0.2, 0.25) is 17.3 Å². The normalized spacial score (nSPS) is 17.3. The van der Waals surface area contributed by atoms with Crippen molar-refractivity contribution in [1.82, 2.24) is 9.88 Å². The van der Waals surface area contributed by atoms with Crippen LogP contribution in [-0.2, 0) is 16.1 Å². The van der Waals surface area contributed by atoms with Crippen LogP contribution in [-0.4, -0.2) is 45.9 Å². The zero-order chi connectivity index (χ0) is 24.7. The van der Waals surface area contributed by atoms with Crippen LogP contribution in [0.15, 0.2) is 29.2 Å². The average Bonchev–Trinajstić information content (AvgIpc) is 3.13. The lowest BCUT2D eigenvalue weighted by atomic mass is 10.1. The van der Waals surface area contributed by atoms with Crippen molar-refractivity contribution >= 4 is 22.8 Å². The second kappa shape index (κ2) is 8.93. The molecule has 2 N–H and O–H groups in total. The molecule has 10 heteroatoms. The number of ether oxygens (including phenoxy) is 2. The van der Waals surface area contributed by atoms with Crippen LogP contribution in [0.25, 0.3) is 10.9 Å². The quantitative estimate of drug-likeness (QED) is 0.500. The lowest BCUT2D eigenvalue weighted by Gasteiger charge is -2.28. The van der Waals surface area contributed by atoms with Crippen molar-refractivity contribution in [3.8, 4) is 5.75 Å². The van der Waals surface area contributed by atoms with Crippen LogP contribution in [0.1, 0.15) is 44.5 Å². The highest BCUT2D eigenvalue weighted by molar-refractivity contribution is 5.94. The number of rotatable bonds is 6. The van der Waals surface area contributed by atoms with Gasteiger partial charge in [0.05, 0.1) is 16.9 Å². The fourth-order valence-corrected chi connectivity index (χ4v) is 3.71. The van der Waals surface area contributed by atoms with Gasteiger partial charge in [-0.15, -0.1) is 0 Å². The van der Waals surface area contributed by atoms with Crippen molar-refractivity contribution in [2.24, 2.45) is 0 Å². The zero-order valence-corrected chi connectivity index (χ0v) is 18.8. The van der Waals surface area contributed by atoms with Crippen LogP contribution in [0.4, 0.5) is 8.78 Å². The van der Waals surface area contributed by atoms with E-state index in [0.29, 0.717) is 19.0 Å². The maximum Gasteiger partial charge on any atom is 0.349 e. The second-order valence-electron chi connectivity index (χ2n) is 8.87. The molecule has 33 heavy (non-hydrogen) atoms. The number of carbonyl (C=O) groups is 2. The van der Waals surface area contributed by atoms with E-state index in [1.807, 2.05) is 0 Å². The number of aromatic nitrogens is 1. The molecule has 2 atom stereocenters. The number of hydrogen-bond acceptors (Lipinski definition) is 6. The molecule has 0 spiro atoms. The Balaban J connectivity index is 2.23. The third-order valence-corrected chi connectivity index (χ3v) is 5.15. The van der Waals surface area contributed by atoms with E-state index in [-0.39, 0.29) is 17.4 Å². The molecule has 0 saturated carbocycles. The van der Waals surface area contributed by atoms with Crippen molar-refractivity contribution in [3.05, 3.63) is 51.8 Å². The number of nitrogens with zero attached hydrogens (tertiary/aromatic N) is 1. The summed E-state index contributed by atoms with van der Waals surface area (Å²) in [5, 5.41) is 12.0. The summed E-state index contributed by atoms with van der Waals surface area (Å²) in [6.07, 6.45) is -0.0137. The number of halogens is 2. The van der Waals surface area contributed by atoms with Gasteiger partial charge in [0.1, 0.15) is 11.2 Å². The van der Waals surface area contributed by atoms with Crippen LogP contribution in [0, 0.1) is 11.6 Å². The smallest absolute Gasteiger partial charge is 0.349 e. The molecule has 0 amide bonds. The Morgan fingerprint density at radius 1 is 1.36 bits per heavy atom. The number of esters is 1. The number of carboxylic acids is 1. The molecule has 0 aliphatic carbocycles. The summed E-state index contributed by atoms with van der Waals surface area (Å²) in [5.41, 5.74) is -1.83. The lowest BCUT2D eigenvalue weighted by Crippen LogP contribution is -2.47. The molecule has 1 fully saturated rings. The first-order valence-electron chi connectivity index (χ1n) is 10.4. The highest BCUT2D eigenvalue weighted by Gasteiger charge is 2.38. The van der Waals surface area contributed by atoms with Crippen LogP contribution >= 0.6 is 0 Å². The van der Waals surface area contributed by atoms with E-state index in [2.05, 4.69) is 11.9 Å². The van der Waals surface area contributed by atoms with E-state index in [1.165, 1.54) is 4.57 Å². The van der Waals surface area contributed by atoms with E-state index < -0.39 is 58.1 Å². The Morgan fingerprint density at radius 3 is 2.55 bits per heavy atom. The van der Waals surface area contributed by atoms with Gasteiger partial charge in [0.25, 0.3) is 0 Å². The summed E-state index contributed by atoms with van der Waals surface area (Å²) in [7, 11) is 0. The molecule has 0 bridgehead atoms. The minimum Gasteiger partial charge on any atom is -0.477 e. The monoisotopic (exact) mass is 464 g/mol. The summed E-state index contributed by atoms with van der Waals surface area (Å²) in [4.78, 5) is 37.2. The van der Waals surface area contributed by atoms with Gasteiger partial charge in [-0.25, -0.2) is 14.0 Å². The fraction of sp³-hybridized carbons (Fsp3) is 0.435. The number of benzene rings is 1. The van der Waals surface area contributed by atoms with Gasteiger partial charge >= 0.3 is 11.9 Å². The Bertz CT molecular complexity index is 1200. The second-order valence-corrected chi connectivity index (χ2v) is 8.87. The Hall–Kier alpha value is -3.27. The van der Waals surface area contributed by atoms with Crippen molar-refractivity contribution in [2.75, 3.05) is 6.54 Å². The van der Waals surface area contributed by atoms with Crippen LogP contribution in [0.3, 0.4) is 0 Å². The summed E-state index contributed by atoms with van der Waals surface area (Å²) in [5.74, 6) is -5.80. The summed E-state index contributed by atoms with van der Waals surface area (Å²) in [6.45, 7) is 11.0. The maximum atomic E-state index is 15.0. The topological polar surface area (TPSA) is 107 Å². The molecule has 2 heterocycles. The van der Waals surface area contributed by atoms with Crippen LogP contribution in [0.2, 0.25) is 0 Å². The van der Waals surface area contributed by atoms with Gasteiger partial charge in [-0.1, -0.05) is 12.2 Å². The summed E-state index contributed by atoms with van der Waals surface area (Å²) >= 11 is 0. The van der Waals surface area contributed by atoms with E-state index in [9.17, 15) is 23.9 Å². The molecule has 3 rings (SSSR count). The number of fused-ring (bicyclic) bond motifs is 1. The van der Waals surface area contributed by atoms with E-state index in [4.69, 9.17) is 9.47 Å². The Morgan fingerprint density at radius 2 is 2.03 bits per heavy atom. The SMILES string of the molecule is C=C1CNC([C@H](Oc2c(F)c(F)cc3c(=O)c(C(=O)O)cn(CC)c23)C(=O)OC(C)(C)C)C1. The molecule has 0 radical (unpaired) electrons. The molecule has 178 valence electrons. The molecule has 8 nitrogen and oxygen atoms in total. The largest absolute Gasteiger partial charge is 0.477 e. The van der Waals surface area contributed by atoms with Gasteiger partial charge in [0.15, 0.2) is 11.6 Å². The number of hydrogen-bond donors (Lipinski definition) is 2. The van der Waals surface area contributed by atoms with Gasteiger partial charge in [0, 0.05) is 19.3 Å². The summed E-state index contributed by atoms with van der Waals surface area (Å²) < 4.78 is 42.0. The van der Waals surface area contributed by atoms with E-state index in [1.54, 1.807) is 27.7 Å². The van der Waals surface area contributed by atoms with Gasteiger partial charge in [-0.2, -0.15) is 4.39 Å². The van der Waals surface area contributed by atoms with Gasteiger partial charge in [-0.05, 0) is 40.2 Å². The molecule has 1 saturated heterocycles. The molecule has 2 aromatic rings. The number of aryl methyl sites for hydroxylation is 1. The highest BCUT2D eigenvalue weighted by Crippen LogP contribution is 2.33. The fourth-order valence-electron chi connectivity index (χ4n) is 3.71. The van der Waals surface area contributed by atoms with Crippen molar-refractivity contribution in [2.45, 2.75) is 58.4 Å². The predicted molar refractivity (Wildman–Crippen MR) is 117 cm³/mol. The highest BCUT2D eigenvalue weighted by atomic mass is 19.2. The lowest BCUT2D eigenvalue weighted by molar-refractivity contribution is -0.164. The van der Waals surface area contributed by atoms with E-state index >= 15 is 4.39 Å².